The van der Waals surface area contributed by atoms with Crippen molar-refractivity contribution in [2.24, 2.45) is 0 Å². The Kier molecular flexibility index (Phi) is 5.32. The van der Waals surface area contributed by atoms with Crippen LogP contribution in [0.15, 0.2) is 71.1 Å². The average Bonchev–Trinajstić information content (AvgIpc) is 3.18. The van der Waals surface area contributed by atoms with Crippen molar-refractivity contribution in [1.82, 2.24) is 10.2 Å². The van der Waals surface area contributed by atoms with Gasteiger partial charge in [0.2, 0.25) is 11.8 Å². The zero-order valence-corrected chi connectivity index (χ0v) is 16.7. The fourth-order valence-electron chi connectivity index (χ4n) is 3.16. The zero-order valence-electron chi connectivity index (χ0n) is 16.0. The van der Waals surface area contributed by atoms with Gasteiger partial charge in [-0.3, -0.25) is 0 Å². The lowest BCUT2D eigenvalue weighted by Gasteiger charge is -2.19. The minimum Gasteiger partial charge on any atom is -0.418 e. The number of hydrogen-bond donors (Lipinski definition) is 1. The summed E-state index contributed by atoms with van der Waals surface area (Å²) >= 11 is 6.06. The molecule has 6 heteroatoms. The van der Waals surface area contributed by atoms with E-state index in [2.05, 4.69) is 28.5 Å². The Morgan fingerprint density at radius 2 is 1.76 bits per heavy atom. The Morgan fingerprint density at radius 1 is 0.966 bits per heavy atom. The van der Waals surface area contributed by atoms with E-state index in [-0.39, 0.29) is 17.7 Å². The lowest BCUT2D eigenvalue weighted by molar-refractivity contribution is 0.493. The molecule has 0 aliphatic rings. The van der Waals surface area contributed by atoms with Crippen molar-refractivity contribution in [2.75, 3.05) is 5.32 Å². The van der Waals surface area contributed by atoms with E-state index in [1.54, 1.807) is 12.1 Å². The van der Waals surface area contributed by atoms with E-state index in [1.807, 2.05) is 43.3 Å². The highest BCUT2D eigenvalue weighted by atomic mass is 35.5. The molecule has 0 amide bonds. The van der Waals surface area contributed by atoms with Crippen molar-refractivity contribution in [3.8, 4) is 11.5 Å². The van der Waals surface area contributed by atoms with Crippen LogP contribution in [0.2, 0.25) is 5.02 Å². The third kappa shape index (κ3) is 4.30. The second-order valence-electron chi connectivity index (χ2n) is 6.90. The molecule has 4 rings (SSSR count). The molecule has 0 spiro atoms. The van der Waals surface area contributed by atoms with E-state index in [1.165, 1.54) is 17.7 Å². The molecule has 0 aliphatic heterocycles. The number of aromatic nitrogens is 2. The summed E-state index contributed by atoms with van der Waals surface area (Å²) in [7, 11) is 0. The van der Waals surface area contributed by atoms with Gasteiger partial charge in [-0.15, -0.1) is 10.2 Å². The zero-order chi connectivity index (χ0) is 20.4. The van der Waals surface area contributed by atoms with E-state index in [0.717, 1.165) is 16.8 Å². The van der Waals surface area contributed by atoms with E-state index in [0.29, 0.717) is 16.5 Å². The van der Waals surface area contributed by atoms with Crippen LogP contribution in [0.5, 0.6) is 0 Å². The van der Waals surface area contributed by atoms with Crippen molar-refractivity contribution >= 4 is 17.3 Å². The van der Waals surface area contributed by atoms with Gasteiger partial charge in [-0.05, 0) is 61.4 Å². The number of nitrogens with zero attached hydrogens (tertiary/aromatic N) is 2. The van der Waals surface area contributed by atoms with Gasteiger partial charge in [0.05, 0.1) is 0 Å². The van der Waals surface area contributed by atoms with Gasteiger partial charge in [0.1, 0.15) is 11.9 Å². The Morgan fingerprint density at radius 3 is 2.48 bits per heavy atom. The number of anilines is 1. The molecule has 146 valence electrons. The molecule has 1 aromatic heterocycles. The lowest BCUT2D eigenvalue weighted by atomic mass is 10.0. The second-order valence-corrected chi connectivity index (χ2v) is 7.34. The fourth-order valence-corrected chi connectivity index (χ4v) is 3.29. The number of aryl methyl sites for hydroxylation is 2. The fraction of sp³-hybridized carbons (Fsp3) is 0.130. The van der Waals surface area contributed by atoms with Gasteiger partial charge in [0.15, 0.2) is 0 Å². The van der Waals surface area contributed by atoms with E-state index in [4.69, 9.17) is 16.0 Å². The van der Waals surface area contributed by atoms with Gasteiger partial charge in [-0.1, -0.05) is 47.5 Å². The van der Waals surface area contributed by atoms with Crippen LogP contribution in [0.25, 0.3) is 11.5 Å². The average molecular weight is 408 g/mol. The largest absolute Gasteiger partial charge is 0.418 e. The summed E-state index contributed by atoms with van der Waals surface area (Å²) in [6, 6.07) is 19.3. The first-order valence-electron chi connectivity index (χ1n) is 9.18. The third-order valence-corrected chi connectivity index (χ3v) is 4.90. The van der Waals surface area contributed by atoms with Crippen molar-refractivity contribution < 1.29 is 8.81 Å². The molecule has 0 fully saturated rings. The molecule has 4 aromatic rings. The maximum atomic E-state index is 13.6. The Labute approximate surface area is 173 Å². The second kappa shape index (κ2) is 8.05. The first-order valence-corrected chi connectivity index (χ1v) is 9.56. The summed E-state index contributed by atoms with van der Waals surface area (Å²) in [4.78, 5) is 0. The van der Waals surface area contributed by atoms with Crippen LogP contribution in [-0.4, -0.2) is 10.2 Å². The molecule has 0 aliphatic carbocycles. The van der Waals surface area contributed by atoms with Crippen LogP contribution < -0.4 is 5.32 Å². The Bertz CT molecular complexity index is 1140. The Hall–Kier alpha value is -3.18. The number of hydrogen-bond acceptors (Lipinski definition) is 4. The summed E-state index contributed by atoms with van der Waals surface area (Å²) < 4.78 is 19.5. The van der Waals surface area contributed by atoms with Crippen molar-refractivity contribution in [3.63, 3.8) is 0 Å². The normalized spacial score (nSPS) is 12.0. The molecule has 1 heterocycles. The number of rotatable bonds is 5. The number of nitrogens with one attached hydrogen (secondary N) is 1. The minimum absolute atomic E-state index is 0.265. The summed E-state index contributed by atoms with van der Waals surface area (Å²) in [5.41, 5.74) is 4.70. The van der Waals surface area contributed by atoms with Gasteiger partial charge in [-0.25, -0.2) is 4.39 Å². The smallest absolute Gasteiger partial charge is 0.247 e. The summed E-state index contributed by atoms with van der Waals surface area (Å²) in [5, 5.41) is 12.5. The SMILES string of the molecule is Cc1ccc(NC(c2ccc(Cl)cc2)c2nnc(-c3cccc(F)c3)o2)c(C)c1. The lowest BCUT2D eigenvalue weighted by Crippen LogP contribution is -2.13. The van der Waals surface area contributed by atoms with Crippen molar-refractivity contribution in [3.05, 3.63) is 100 Å². The van der Waals surface area contributed by atoms with E-state index >= 15 is 0 Å². The van der Waals surface area contributed by atoms with Gasteiger partial charge in [0, 0.05) is 16.3 Å². The molecule has 0 radical (unpaired) electrons. The predicted octanol–water partition coefficient (Wildman–Crippen LogP) is 6.35. The molecule has 1 unspecified atom stereocenters. The van der Waals surface area contributed by atoms with Gasteiger partial charge >= 0.3 is 0 Å². The van der Waals surface area contributed by atoms with Gasteiger partial charge < -0.3 is 9.73 Å². The maximum absolute atomic E-state index is 13.6. The monoisotopic (exact) mass is 407 g/mol. The molecule has 29 heavy (non-hydrogen) atoms. The highest BCUT2D eigenvalue weighted by Crippen LogP contribution is 2.30. The molecule has 0 bridgehead atoms. The first kappa shape index (κ1) is 19.2. The highest BCUT2D eigenvalue weighted by Gasteiger charge is 2.22. The molecular weight excluding hydrogens is 389 g/mol. The van der Waals surface area contributed by atoms with E-state index in [9.17, 15) is 4.39 Å². The molecule has 4 nitrogen and oxygen atoms in total. The van der Waals surface area contributed by atoms with Crippen LogP contribution >= 0.6 is 11.6 Å². The number of benzene rings is 3. The molecule has 1 atom stereocenters. The van der Waals surface area contributed by atoms with Crippen LogP contribution in [0, 0.1) is 19.7 Å². The summed E-state index contributed by atoms with van der Waals surface area (Å²) in [6.45, 7) is 4.09. The molecule has 1 N–H and O–H groups in total. The van der Waals surface area contributed by atoms with Crippen LogP contribution in [-0.2, 0) is 0 Å². The van der Waals surface area contributed by atoms with Crippen LogP contribution in [0.4, 0.5) is 10.1 Å². The van der Waals surface area contributed by atoms with E-state index < -0.39 is 0 Å². The molecule has 3 aromatic carbocycles. The minimum atomic E-state index is -0.386. The summed E-state index contributed by atoms with van der Waals surface area (Å²) in [5.74, 6) is 0.289. The van der Waals surface area contributed by atoms with Crippen molar-refractivity contribution in [2.45, 2.75) is 19.9 Å². The number of halogens is 2. The predicted molar refractivity (Wildman–Crippen MR) is 113 cm³/mol. The van der Waals surface area contributed by atoms with Gasteiger partial charge in [0.25, 0.3) is 0 Å². The van der Waals surface area contributed by atoms with Crippen LogP contribution in [0.3, 0.4) is 0 Å². The molecule has 0 saturated carbocycles. The third-order valence-electron chi connectivity index (χ3n) is 4.64. The first-order chi connectivity index (χ1) is 14.0. The summed E-state index contributed by atoms with van der Waals surface area (Å²) in [6.07, 6.45) is 0. The standard InChI is InChI=1S/C23H19ClFN3O/c1-14-6-11-20(15(2)12-14)26-21(16-7-9-18(24)10-8-16)23-28-27-22(29-23)17-4-3-5-19(25)13-17/h3-13,21,26H,1-2H3. The Balaban J connectivity index is 1.73. The van der Waals surface area contributed by atoms with Crippen molar-refractivity contribution in [1.29, 1.82) is 0 Å². The molecular formula is C23H19ClFN3O. The quantitative estimate of drug-likeness (QED) is 0.419. The maximum Gasteiger partial charge on any atom is 0.247 e. The molecule has 0 saturated heterocycles. The van der Waals surface area contributed by atoms with Crippen LogP contribution in [0.1, 0.15) is 28.6 Å². The van der Waals surface area contributed by atoms with Gasteiger partial charge in [-0.2, -0.15) is 0 Å². The topological polar surface area (TPSA) is 51.0 Å². The highest BCUT2D eigenvalue weighted by molar-refractivity contribution is 6.30.